The lowest BCUT2D eigenvalue weighted by Gasteiger charge is -2.31. The smallest absolute Gasteiger partial charge is 0.243 e. The van der Waals surface area contributed by atoms with Crippen LogP contribution in [-0.2, 0) is 14.8 Å². The Labute approximate surface area is 197 Å². The average Bonchev–Trinajstić information content (AvgIpc) is 3.57. The molecule has 2 heterocycles. The van der Waals surface area contributed by atoms with Crippen molar-refractivity contribution in [3.63, 3.8) is 0 Å². The maximum Gasteiger partial charge on any atom is 0.243 e. The SMILES string of the molecule is Cc1ccc(-c2noc(C3CC3)n2)cc1S(=O)(=O)N1CCC(C(=O)Nc2ccc(F)cc2)CC1. The topological polar surface area (TPSA) is 105 Å². The number of halogens is 1. The Balaban J connectivity index is 1.27. The van der Waals surface area contributed by atoms with E-state index >= 15 is 0 Å². The van der Waals surface area contributed by atoms with Crippen LogP contribution in [0.3, 0.4) is 0 Å². The van der Waals surface area contributed by atoms with Crippen molar-refractivity contribution in [1.29, 1.82) is 0 Å². The van der Waals surface area contributed by atoms with Gasteiger partial charge in [0.1, 0.15) is 5.82 Å². The van der Waals surface area contributed by atoms with Gasteiger partial charge in [0, 0.05) is 36.2 Å². The number of nitrogens with zero attached hydrogens (tertiary/aromatic N) is 3. The zero-order chi connectivity index (χ0) is 23.9. The molecule has 0 radical (unpaired) electrons. The minimum absolute atomic E-state index is 0.189. The number of amides is 1. The molecule has 0 bridgehead atoms. The van der Waals surface area contributed by atoms with Crippen LogP contribution in [0.25, 0.3) is 11.4 Å². The fourth-order valence-corrected chi connectivity index (χ4v) is 5.86. The predicted octanol–water partition coefficient (Wildman–Crippen LogP) is 4.10. The van der Waals surface area contributed by atoms with Gasteiger partial charge in [-0.15, -0.1) is 0 Å². The normalized spacial score (nSPS) is 17.6. The summed E-state index contributed by atoms with van der Waals surface area (Å²) < 4.78 is 46.7. The lowest BCUT2D eigenvalue weighted by Crippen LogP contribution is -2.41. The first-order valence-electron chi connectivity index (χ1n) is 11.3. The highest BCUT2D eigenvalue weighted by Crippen LogP contribution is 2.39. The third-order valence-corrected chi connectivity index (χ3v) is 8.41. The third kappa shape index (κ3) is 4.60. The van der Waals surface area contributed by atoms with E-state index in [1.807, 2.05) is 0 Å². The third-order valence-electron chi connectivity index (χ3n) is 6.37. The van der Waals surface area contributed by atoms with Crippen molar-refractivity contribution in [2.45, 2.75) is 43.4 Å². The molecule has 34 heavy (non-hydrogen) atoms. The molecule has 2 aromatic carbocycles. The minimum Gasteiger partial charge on any atom is -0.339 e. The van der Waals surface area contributed by atoms with Crippen molar-refractivity contribution in [3.05, 3.63) is 59.7 Å². The summed E-state index contributed by atoms with van der Waals surface area (Å²) in [5.74, 6) is 0.417. The molecule has 10 heteroatoms. The fourth-order valence-electron chi connectivity index (χ4n) is 4.14. The van der Waals surface area contributed by atoms with Crippen LogP contribution in [0.4, 0.5) is 10.1 Å². The van der Waals surface area contributed by atoms with Crippen LogP contribution in [0.5, 0.6) is 0 Å². The van der Waals surface area contributed by atoms with Gasteiger partial charge in [-0.25, -0.2) is 12.8 Å². The van der Waals surface area contributed by atoms with E-state index in [2.05, 4.69) is 15.5 Å². The van der Waals surface area contributed by atoms with Crippen LogP contribution >= 0.6 is 0 Å². The largest absolute Gasteiger partial charge is 0.339 e. The number of hydrogen-bond donors (Lipinski definition) is 1. The highest BCUT2D eigenvalue weighted by Gasteiger charge is 2.34. The molecule has 2 fully saturated rings. The molecule has 0 atom stereocenters. The quantitative estimate of drug-likeness (QED) is 0.565. The van der Waals surface area contributed by atoms with Crippen molar-refractivity contribution in [3.8, 4) is 11.4 Å². The summed E-state index contributed by atoms with van der Waals surface area (Å²) in [6.45, 7) is 2.23. The number of benzene rings is 2. The van der Waals surface area contributed by atoms with Crippen LogP contribution in [0, 0.1) is 18.7 Å². The van der Waals surface area contributed by atoms with Gasteiger partial charge >= 0.3 is 0 Å². The van der Waals surface area contributed by atoms with Crippen molar-refractivity contribution in [1.82, 2.24) is 14.4 Å². The molecular weight excluding hydrogens is 459 g/mol. The first-order valence-corrected chi connectivity index (χ1v) is 12.8. The number of rotatable bonds is 6. The number of hydrogen-bond acceptors (Lipinski definition) is 6. The molecule has 1 amide bonds. The monoisotopic (exact) mass is 484 g/mol. The molecule has 1 N–H and O–H groups in total. The second-order valence-electron chi connectivity index (χ2n) is 8.89. The van der Waals surface area contributed by atoms with Gasteiger partial charge in [-0.2, -0.15) is 9.29 Å². The van der Waals surface area contributed by atoms with E-state index in [0.29, 0.717) is 47.3 Å². The van der Waals surface area contributed by atoms with Gasteiger partial charge in [-0.05, 0) is 68.5 Å². The van der Waals surface area contributed by atoms with Crippen molar-refractivity contribution < 1.29 is 22.1 Å². The first-order chi connectivity index (χ1) is 16.3. The molecule has 178 valence electrons. The van der Waals surface area contributed by atoms with Gasteiger partial charge in [0.2, 0.25) is 27.6 Å². The Morgan fingerprint density at radius 1 is 1.09 bits per heavy atom. The number of carbonyl (C=O) groups excluding carboxylic acids is 1. The van der Waals surface area contributed by atoms with Gasteiger partial charge in [-0.1, -0.05) is 17.3 Å². The van der Waals surface area contributed by atoms with Crippen molar-refractivity contribution in [2.24, 2.45) is 5.92 Å². The minimum atomic E-state index is -3.76. The zero-order valence-electron chi connectivity index (χ0n) is 18.7. The second kappa shape index (κ2) is 8.92. The van der Waals surface area contributed by atoms with Crippen LogP contribution < -0.4 is 5.32 Å². The molecule has 1 aliphatic heterocycles. The Kier molecular flexibility index (Phi) is 5.95. The van der Waals surface area contributed by atoms with Gasteiger partial charge in [0.05, 0.1) is 4.90 Å². The molecular formula is C24H25FN4O4S. The van der Waals surface area contributed by atoms with Crippen molar-refractivity contribution >= 4 is 21.6 Å². The maximum atomic E-state index is 13.4. The van der Waals surface area contributed by atoms with E-state index < -0.39 is 10.0 Å². The Morgan fingerprint density at radius 3 is 2.47 bits per heavy atom. The molecule has 5 rings (SSSR count). The zero-order valence-corrected chi connectivity index (χ0v) is 19.5. The van der Waals surface area contributed by atoms with Gasteiger partial charge in [0.15, 0.2) is 0 Å². The fraction of sp³-hybridized carbons (Fsp3) is 0.375. The molecule has 1 saturated heterocycles. The summed E-state index contributed by atoms with van der Waals surface area (Å²) in [5.41, 5.74) is 1.74. The molecule has 3 aromatic rings. The number of aryl methyl sites for hydroxylation is 1. The number of carbonyl (C=O) groups is 1. The summed E-state index contributed by atoms with van der Waals surface area (Å²) in [7, 11) is -3.76. The Hall–Kier alpha value is -3.11. The molecule has 8 nitrogen and oxygen atoms in total. The lowest BCUT2D eigenvalue weighted by atomic mass is 9.97. The van der Waals surface area contributed by atoms with E-state index in [-0.39, 0.29) is 35.6 Å². The number of nitrogens with one attached hydrogen (secondary N) is 1. The Bertz CT molecular complexity index is 1310. The van der Waals surface area contributed by atoms with E-state index in [1.165, 1.54) is 28.6 Å². The van der Waals surface area contributed by atoms with Gasteiger partial charge < -0.3 is 9.84 Å². The average molecular weight is 485 g/mol. The van der Waals surface area contributed by atoms with Crippen LogP contribution in [-0.4, -0.2) is 41.9 Å². The molecule has 1 aliphatic carbocycles. The van der Waals surface area contributed by atoms with Crippen LogP contribution in [0.2, 0.25) is 0 Å². The van der Waals surface area contributed by atoms with Crippen LogP contribution in [0.1, 0.15) is 43.1 Å². The Morgan fingerprint density at radius 2 is 1.79 bits per heavy atom. The lowest BCUT2D eigenvalue weighted by molar-refractivity contribution is -0.120. The summed E-state index contributed by atoms with van der Waals surface area (Å²) >= 11 is 0. The van der Waals surface area contributed by atoms with Gasteiger partial charge in [0.25, 0.3) is 0 Å². The first kappa shape index (κ1) is 22.7. The molecule has 2 aliphatic rings. The summed E-state index contributed by atoms with van der Waals surface area (Å²) in [6.07, 6.45) is 2.88. The highest BCUT2D eigenvalue weighted by molar-refractivity contribution is 7.89. The maximum absolute atomic E-state index is 13.4. The number of aromatic nitrogens is 2. The van der Waals surface area contributed by atoms with Crippen LogP contribution in [0.15, 0.2) is 51.9 Å². The molecule has 1 saturated carbocycles. The standard InChI is InChI=1S/C24H25FN4O4S/c1-15-2-3-18(22-27-24(33-28-22)17-4-5-17)14-21(15)34(31,32)29-12-10-16(11-13-29)23(30)26-20-8-6-19(25)7-9-20/h2-3,6-9,14,16-17H,4-5,10-13H2,1H3,(H,26,30). The van der Waals surface area contributed by atoms with Crippen molar-refractivity contribution in [2.75, 3.05) is 18.4 Å². The highest BCUT2D eigenvalue weighted by atomic mass is 32.2. The summed E-state index contributed by atoms with van der Waals surface area (Å²) in [6, 6.07) is 10.7. The number of sulfonamides is 1. The van der Waals surface area contributed by atoms with Gasteiger partial charge in [-0.3, -0.25) is 4.79 Å². The van der Waals surface area contributed by atoms with E-state index in [1.54, 1.807) is 25.1 Å². The van der Waals surface area contributed by atoms with E-state index in [4.69, 9.17) is 4.52 Å². The predicted molar refractivity (Wildman–Crippen MR) is 123 cm³/mol. The van der Waals surface area contributed by atoms with E-state index in [0.717, 1.165) is 12.8 Å². The second-order valence-corrected chi connectivity index (χ2v) is 10.8. The molecule has 0 spiro atoms. The molecule has 0 unspecified atom stereocenters. The molecule has 1 aromatic heterocycles. The number of anilines is 1. The summed E-state index contributed by atoms with van der Waals surface area (Å²) in [5, 5.41) is 6.80. The number of piperidine rings is 1. The summed E-state index contributed by atoms with van der Waals surface area (Å²) in [4.78, 5) is 17.2. The van der Waals surface area contributed by atoms with E-state index in [9.17, 15) is 17.6 Å².